The second kappa shape index (κ2) is 3.99. The number of halogens is 3. The number of aliphatic hydroxyl groups excluding tert-OH is 2. The lowest BCUT2D eigenvalue weighted by Gasteiger charge is -2.19. The summed E-state index contributed by atoms with van der Waals surface area (Å²) in [5.41, 5.74) is 0. The van der Waals surface area contributed by atoms with E-state index in [1.807, 2.05) is 0 Å². The summed E-state index contributed by atoms with van der Waals surface area (Å²) in [7, 11) is 0. The number of alkyl halides is 3. The van der Waals surface area contributed by atoms with Crippen LogP contribution in [-0.4, -0.2) is 42.1 Å². The van der Waals surface area contributed by atoms with Crippen molar-refractivity contribution in [1.29, 1.82) is 0 Å². The van der Waals surface area contributed by atoms with Crippen molar-refractivity contribution >= 4 is 0 Å². The van der Waals surface area contributed by atoms with Gasteiger partial charge in [0.2, 0.25) is 0 Å². The second-order valence-corrected chi connectivity index (χ2v) is 2.54. The Morgan fingerprint density at radius 3 is 2.43 bits per heavy atom. The molecule has 0 aliphatic carbocycles. The van der Waals surface area contributed by atoms with Crippen LogP contribution in [0.3, 0.4) is 0 Å². The van der Waals surface area contributed by atoms with Gasteiger partial charge < -0.3 is 14.9 Å². The van der Waals surface area contributed by atoms with Gasteiger partial charge in [-0.1, -0.05) is 0 Å². The van der Waals surface area contributed by atoms with E-state index in [0.717, 1.165) is 0 Å². The van der Waals surface area contributed by atoms with Gasteiger partial charge in [0.15, 0.2) is 0 Å². The van der Waals surface area contributed by atoms with Crippen LogP contribution in [-0.2, 0) is 14.2 Å². The first-order valence-corrected chi connectivity index (χ1v) is 3.77. The molecule has 14 heavy (non-hydrogen) atoms. The van der Waals surface area contributed by atoms with E-state index in [-0.39, 0.29) is 19.6 Å². The van der Waals surface area contributed by atoms with Gasteiger partial charge in [-0.15, -0.1) is 8.78 Å². The van der Waals surface area contributed by atoms with Crippen molar-refractivity contribution in [3.8, 4) is 0 Å². The lowest BCUT2D eigenvalue weighted by atomic mass is 10.5. The summed E-state index contributed by atoms with van der Waals surface area (Å²) in [5.74, 6) is 0. The molecule has 0 aromatic heterocycles. The molecule has 0 bridgehead atoms. The third-order valence-electron chi connectivity index (χ3n) is 1.40. The first kappa shape index (κ1) is 11.7. The van der Waals surface area contributed by atoms with Gasteiger partial charge in [0.05, 0.1) is 6.61 Å². The third-order valence-corrected chi connectivity index (χ3v) is 1.40. The van der Waals surface area contributed by atoms with E-state index in [9.17, 15) is 13.2 Å². The van der Waals surface area contributed by atoms with Crippen LogP contribution in [0.2, 0.25) is 0 Å². The second-order valence-electron chi connectivity index (χ2n) is 2.54. The van der Waals surface area contributed by atoms with Crippen LogP contribution in [0.1, 0.15) is 6.42 Å². The molecule has 8 heteroatoms. The molecule has 0 aromatic carbocycles. The third kappa shape index (κ3) is 2.55. The van der Waals surface area contributed by atoms with Gasteiger partial charge >= 0.3 is 12.3 Å². The number of aliphatic hydroxyl groups is 2. The Morgan fingerprint density at radius 2 is 2.00 bits per heavy atom. The highest BCUT2D eigenvalue weighted by molar-refractivity contribution is 4.67. The molecule has 0 saturated carbocycles. The highest BCUT2D eigenvalue weighted by Crippen LogP contribution is 2.39. The standard InChI is InChI=1S/C6H9F3O5/c7-5(12-3-1-2-10)4(11)13-6(8,9)14-5/h4,10-11H,1-3H2. The maximum absolute atomic E-state index is 13.1. The van der Waals surface area contributed by atoms with E-state index < -0.39 is 18.6 Å². The molecule has 1 aliphatic rings. The van der Waals surface area contributed by atoms with E-state index in [4.69, 9.17) is 10.2 Å². The minimum absolute atomic E-state index is 0.0212. The highest BCUT2D eigenvalue weighted by atomic mass is 19.3. The van der Waals surface area contributed by atoms with Crippen LogP contribution in [0.25, 0.3) is 0 Å². The molecule has 0 radical (unpaired) electrons. The zero-order chi connectivity index (χ0) is 10.8. The van der Waals surface area contributed by atoms with Crippen molar-refractivity contribution in [2.45, 2.75) is 25.0 Å². The molecule has 5 nitrogen and oxygen atoms in total. The molecule has 2 unspecified atom stereocenters. The Balaban J connectivity index is 2.48. The molecule has 1 heterocycles. The largest absolute Gasteiger partial charge is 0.492 e. The number of hydrogen-bond acceptors (Lipinski definition) is 5. The molecule has 1 saturated heterocycles. The normalized spacial score (nSPS) is 36.2. The number of ether oxygens (including phenoxy) is 3. The maximum Gasteiger partial charge on any atom is 0.492 e. The molecule has 0 amide bonds. The Bertz CT molecular complexity index is 202. The van der Waals surface area contributed by atoms with Gasteiger partial charge in [-0.2, -0.15) is 4.39 Å². The quantitative estimate of drug-likeness (QED) is 0.646. The maximum atomic E-state index is 13.1. The van der Waals surface area contributed by atoms with Crippen molar-refractivity contribution in [2.24, 2.45) is 0 Å². The summed E-state index contributed by atoms with van der Waals surface area (Å²) < 4.78 is 48.6. The molecular formula is C6H9F3O5. The first-order valence-electron chi connectivity index (χ1n) is 3.77. The van der Waals surface area contributed by atoms with E-state index >= 15 is 0 Å². The summed E-state index contributed by atoms with van der Waals surface area (Å²) in [5, 5.41) is 17.0. The summed E-state index contributed by atoms with van der Waals surface area (Å²) in [6.45, 7) is -0.688. The van der Waals surface area contributed by atoms with E-state index in [2.05, 4.69) is 14.2 Å². The smallest absolute Gasteiger partial charge is 0.396 e. The average Bonchev–Trinajstić information content (AvgIpc) is 2.21. The minimum atomic E-state index is -4.21. The summed E-state index contributed by atoms with van der Waals surface area (Å²) >= 11 is 0. The van der Waals surface area contributed by atoms with Gasteiger partial charge in [0, 0.05) is 6.61 Å². The lowest BCUT2D eigenvalue weighted by Crippen LogP contribution is -2.38. The van der Waals surface area contributed by atoms with Gasteiger partial charge in [-0.05, 0) is 6.42 Å². The Kier molecular flexibility index (Phi) is 3.32. The average molecular weight is 218 g/mol. The van der Waals surface area contributed by atoms with Crippen LogP contribution in [0, 0.1) is 0 Å². The van der Waals surface area contributed by atoms with Crippen LogP contribution >= 0.6 is 0 Å². The number of hydrogen-bond donors (Lipinski definition) is 2. The minimum Gasteiger partial charge on any atom is -0.396 e. The van der Waals surface area contributed by atoms with Crippen molar-refractivity contribution in [1.82, 2.24) is 0 Å². The number of rotatable bonds is 4. The molecule has 0 aromatic rings. The molecule has 2 N–H and O–H groups in total. The van der Waals surface area contributed by atoms with E-state index in [0.29, 0.717) is 0 Å². The van der Waals surface area contributed by atoms with Gasteiger partial charge in [0.1, 0.15) is 0 Å². The van der Waals surface area contributed by atoms with E-state index in [1.54, 1.807) is 0 Å². The summed E-state index contributed by atoms with van der Waals surface area (Å²) in [6, 6.07) is -3.39. The molecule has 0 spiro atoms. The fourth-order valence-corrected chi connectivity index (χ4v) is 0.813. The molecule has 1 fully saturated rings. The van der Waals surface area contributed by atoms with Crippen molar-refractivity contribution in [2.75, 3.05) is 13.2 Å². The predicted molar refractivity (Wildman–Crippen MR) is 34.6 cm³/mol. The van der Waals surface area contributed by atoms with Crippen molar-refractivity contribution in [3.05, 3.63) is 0 Å². The molecule has 84 valence electrons. The van der Waals surface area contributed by atoms with Crippen molar-refractivity contribution in [3.63, 3.8) is 0 Å². The van der Waals surface area contributed by atoms with Gasteiger partial charge in [-0.3, -0.25) is 4.74 Å². The Hall–Kier alpha value is -0.410. The van der Waals surface area contributed by atoms with E-state index in [1.165, 1.54) is 0 Å². The fourth-order valence-electron chi connectivity index (χ4n) is 0.813. The predicted octanol–water partition coefficient (Wildman–Crippen LogP) is -0.0758. The highest BCUT2D eigenvalue weighted by Gasteiger charge is 2.61. The summed E-state index contributed by atoms with van der Waals surface area (Å²) in [6.07, 6.45) is -6.71. The Morgan fingerprint density at radius 1 is 1.36 bits per heavy atom. The SMILES string of the molecule is OCCCOC1(F)OC(F)(F)OC1O. The fraction of sp³-hybridized carbons (Fsp3) is 1.00. The molecule has 1 rings (SSSR count). The van der Waals surface area contributed by atoms with Crippen LogP contribution in [0.4, 0.5) is 13.2 Å². The monoisotopic (exact) mass is 218 g/mol. The van der Waals surface area contributed by atoms with Crippen LogP contribution in [0.15, 0.2) is 0 Å². The summed E-state index contributed by atoms with van der Waals surface area (Å²) in [4.78, 5) is 0. The molecular weight excluding hydrogens is 209 g/mol. The lowest BCUT2D eigenvalue weighted by molar-refractivity contribution is -0.408. The topological polar surface area (TPSA) is 68.2 Å². The molecule has 2 atom stereocenters. The Labute approximate surface area is 77.0 Å². The van der Waals surface area contributed by atoms with Crippen LogP contribution < -0.4 is 0 Å². The van der Waals surface area contributed by atoms with Crippen LogP contribution in [0.5, 0.6) is 0 Å². The first-order chi connectivity index (χ1) is 6.40. The van der Waals surface area contributed by atoms with Gasteiger partial charge in [-0.25, -0.2) is 4.74 Å². The zero-order valence-corrected chi connectivity index (χ0v) is 6.95. The van der Waals surface area contributed by atoms with Gasteiger partial charge in [0.25, 0.3) is 6.29 Å². The zero-order valence-electron chi connectivity index (χ0n) is 6.95. The van der Waals surface area contributed by atoms with Crippen molar-refractivity contribution < 1.29 is 37.6 Å². The molecule has 1 aliphatic heterocycles.